The fraction of sp³-hybridized carbons (Fsp3) is 0.182. The third-order valence-corrected chi connectivity index (χ3v) is 3.89. The molecular weight excluding hydrogens is 256 g/mol. The van der Waals surface area contributed by atoms with Crippen LogP contribution in [0.3, 0.4) is 0 Å². The summed E-state index contributed by atoms with van der Waals surface area (Å²) >= 11 is 5.10. The minimum Gasteiger partial charge on any atom is -0.355 e. The Balaban J connectivity index is 1.89. The van der Waals surface area contributed by atoms with Crippen LogP contribution in [-0.4, -0.2) is 25.3 Å². The average Bonchev–Trinajstić information content (AvgIpc) is 2.59. The van der Waals surface area contributed by atoms with Gasteiger partial charge in [0.25, 0.3) is 0 Å². The lowest BCUT2D eigenvalue weighted by atomic mass is 10.3. The molecule has 0 spiro atoms. The van der Waals surface area contributed by atoms with Crippen molar-refractivity contribution in [3.8, 4) is 0 Å². The molecule has 0 aromatic heterocycles. The number of para-hydroxylation sites is 1. The van der Waals surface area contributed by atoms with Crippen LogP contribution in [0.2, 0.25) is 0 Å². The summed E-state index contributed by atoms with van der Waals surface area (Å²) in [5.74, 6) is 0.0591. The molecule has 2 N–H and O–H groups in total. The lowest BCUT2D eigenvalue weighted by molar-refractivity contribution is 0.603. The van der Waals surface area contributed by atoms with Crippen molar-refractivity contribution in [1.82, 2.24) is 5.32 Å². The van der Waals surface area contributed by atoms with Crippen LogP contribution < -0.4 is 10.6 Å². The van der Waals surface area contributed by atoms with Crippen LogP contribution in [0.15, 0.2) is 41.8 Å². The van der Waals surface area contributed by atoms with Crippen LogP contribution in [0.1, 0.15) is 0 Å². The molecule has 2 rings (SSSR count). The molecule has 0 saturated carbocycles. The molecule has 1 heterocycles. The Kier molecular flexibility index (Phi) is 3.44. The number of benzene rings is 1. The van der Waals surface area contributed by atoms with E-state index in [4.69, 9.17) is 12.2 Å². The van der Waals surface area contributed by atoms with Gasteiger partial charge in [0.05, 0.1) is 11.8 Å². The van der Waals surface area contributed by atoms with Crippen LogP contribution >= 0.6 is 12.2 Å². The van der Waals surface area contributed by atoms with E-state index in [1.807, 2.05) is 30.3 Å². The topological polar surface area (TPSA) is 58.2 Å². The predicted octanol–water partition coefficient (Wildman–Crippen LogP) is 1.28. The fourth-order valence-electron chi connectivity index (χ4n) is 1.52. The highest BCUT2D eigenvalue weighted by atomic mass is 32.2. The summed E-state index contributed by atoms with van der Waals surface area (Å²) in [6, 6.07) is 9.22. The Labute approximate surface area is 106 Å². The summed E-state index contributed by atoms with van der Waals surface area (Å²) in [6.07, 6.45) is 1.61. The Hall–Kier alpha value is -1.40. The van der Waals surface area contributed by atoms with Gasteiger partial charge in [-0.3, -0.25) is 0 Å². The summed E-state index contributed by atoms with van der Waals surface area (Å²) < 4.78 is 22.4. The number of hydrogen-bond acceptors (Lipinski definition) is 3. The second-order valence-corrected chi connectivity index (χ2v) is 6.07. The van der Waals surface area contributed by atoms with E-state index in [0.29, 0.717) is 5.11 Å². The minimum atomic E-state index is -3.04. The molecule has 6 heteroatoms. The molecule has 0 amide bonds. The van der Waals surface area contributed by atoms with E-state index in [-0.39, 0.29) is 11.8 Å². The predicted molar refractivity (Wildman–Crippen MR) is 72.5 cm³/mol. The molecule has 1 atom stereocenters. The van der Waals surface area contributed by atoms with Crippen molar-refractivity contribution in [2.24, 2.45) is 0 Å². The maximum absolute atomic E-state index is 11.2. The molecule has 0 radical (unpaired) electrons. The first-order valence-corrected chi connectivity index (χ1v) is 7.21. The van der Waals surface area contributed by atoms with Gasteiger partial charge in [0.1, 0.15) is 0 Å². The maximum atomic E-state index is 11.2. The normalized spacial score (nSPS) is 21.1. The van der Waals surface area contributed by atoms with Crippen LogP contribution in [0.25, 0.3) is 0 Å². The summed E-state index contributed by atoms with van der Waals surface area (Å²) in [4.78, 5) is 0. The highest BCUT2D eigenvalue weighted by molar-refractivity contribution is 7.94. The number of anilines is 1. The molecule has 1 aromatic rings. The Morgan fingerprint density at radius 2 is 2.00 bits per heavy atom. The molecule has 0 saturated heterocycles. The van der Waals surface area contributed by atoms with E-state index in [2.05, 4.69) is 10.6 Å². The highest BCUT2D eigenvalue weighted by Crippen LogP contribution is 2.09. The molecule has 1 aliphatic heterocycles. The van der Waals surface area contributed by atoms with Crippen molar-refractivity contribution in [2.45, 2.75) is 6.04 Å². The van der Waals surface area contributed by atoms with Gasteiger partial charge >= 0.3 is 0 Å². The first-order valence-electron chi connectivity index (χ1n) is 5.09. The standard InChI is InChI=1S/C11H12N2O2S2/c14-17(15)7-6-10(8-17)13-11(16)12-9-4-2-1-3-5-9/h1-7,10H,8H2,(H2,12,13,16)/t10-/m1/s1. The lowest BCUT2D eigenvalue weighted by Gasteiger charge is -2.13. The van der Waals surface area contributed by atoms with Gasteiger partial charge < -0.3 is 10.6 Å². The quantitative estimate of drug-likeness (QED) is 0.791. The fourth-order valence-corrected chi connectivity index (χ4v) is 3.03. The SMILES string of the molecule is O=S1(=O)C=C[C@@H](NC(=S)Nc2ccccc2)C1. The first-order chi connectivity index (χ1) is 8.05. The van der Waals surface area contributed by atoms with Gasteiger partial charge in [0.2, 0.25) is 0 Å². The second-order valence-electron chi connectivity index (χ2n) is 3.73. The Morgan fingerprint density at radius 1 is 1.29 bits per heavy atom. The Bertz CT molecular complexity index is 538. The average molecular weight is 268 g/mol. The van der Waals surface area contributed by atoms with E-state index in [9.17, 15) is 8.42 Å². The van der Waals surface area contributed by atoms with Crippen molar-refractivity contribution in [1.29, 1.82) is 0 Å². The van der Waals surface area contributed by atoms with Gasteiger partial charge in [-0.25, -0.2) is 8.42 Å². The van der Waals surface area contributed by atoms with Gasteiger partial charge in [-0.2, -0.15) is 0 Å². The van der Waals surface area contributed by atoms with Crippen molar-refractivity contribution < 1.29 is 8.42 Å². The summed E-state index contributed by atoms with van der Waals surface area (Å²) in [5.41, 5.74) is 0.870. The number of sulfone groups is 1. The monoisotopic (exact) mass is 268 g/mol. The van der Waals surface area contributed by atoms with Crippen molar-refractivity contribution >= 4 is 32.9 Å². The van der Waals surface area contributed by atoms with Gasteiger partial charge in [-0.05, 0) is 30.4 Å². The van der Waals surface area contributed by atoms with Crippen LogP contribution in [-0.2, 0) is 9.84 Å². The van der Waals surface area contributed by atoms with Crippen LogP contribution in [0, 0.1) is 0 Å². The second kappa shape index (κ2) is 4.85. The number of thiocarbonyl (C=S) groups is 1. The molecule has 0 bridgehead atoms. The first kappa shape index (κ1) is 12.1. The Morgan fingerprint density at radius 3 is 2.59 bits per heavy atom. The molecular formula is C11H12N2O2S2. The summed E-state index contributed by atoms with van der Waals surface area (Å²) in [6.45, 7) is 0. The maximum Gasteiger partial charge on any atom is 0.173 e. The van der Waals surface area contributed by atoms with Crippen LogP contribution in [0.5, 0.6) is 0 Å². The number of rotatable bonds is 2. The summed E-state index contributed by atoms with van der Waals surface area (Å²) in [5, 5.41) is 7.56. The van der Waals surface area contributed by atoms with Crippen LogP contribution in [0.4, 0.5) is 5.69 Å². The smallest absolute Gasteiger partial charge is 0.173 e. The largest absolute Gasteiger partial charge is 0.355 e. The zero-order valence-electron chi connectivity index (χ0n) is 8.96. The van der Waals surface area contributed by atoms with Gasteiger partial charge in [-0.1, -0.05) is 18.2 Å². The molecule has 0 unspecified atom stereocenters. The van der Waals surface area contributed by atoms with E-state index < -0.39 is 9.84 Å². The molecule has 90 valence electrons. The van der Waals surface area contributed by atoms with E-state index in [1.54, 1.807) is 6.08 Å². The van der Waals surface area contributed by atoms with Crippen molar-refractivity contribution in [2.75, 3.05) is 11.1 Å². The molecule has 1 aliphatic rings. The molecule has 17 heavy (non-hydrogen) atoms. The summed E-state index contributed by atoms with van der Waals surface area (Å²) in [7, 11) is -3.04. The highest BCUT2D eigenvalue weighted by Gasteiger charge is 2.21. The van der Waals surface area contributed by atoms with Crippen molar-refractivity contribution in [3.05, 3.63) is 41.8 Å². The number of nitrogens with one attached hydrogen (secondary N) is 2. The molecule has 1 aromatic carbocycles. The van der Waals surface area contributed by atoms with E-state index in [1.165, 1.54) is 5.41 Å². The third kappa shape index (κ3) is 3.54. The lowest BCUT2D eigenvalue weighted by Crippen LogP contribution is -2.38. The number of hydrogen-bond donors (Lipinski definition) is 2. The molecule has 0 fully saturated rings. The van der Waals surface area contributed by atoms with Gasteiger partial charge in [-0.15, -0.1) is 0 Å². The zero-order valence-corrected chi connectivity index (χ0v) is 10.6. The van der Waals surface area contributed by atoms with Crippen molar-refractivity contribution in [3.63, 3.8) is 0 Å². The van der Waals surface area contributed by atoms with Gasteiger partial charge in [0.15, 0.2) is 14.9 Å². The third-order valence-electron chi connectivity index (χ3n) is 2.28. The van der Waals surface area contributed by atoms with E-state index >= 15 is 0 Å². The van der Waals surface area contributed by atoms with Gasteiger partial charge in [0, 0.05) is 11.1 Å². The molecule has 0 aliphatic carbocycles. The molecule has 4 nitrogen and oxygen atoms in total. The zero-order chi connectivity index (χ0) is 12.3. The van der Waals surface area contributed by atoms with E-state index in [0.717, 1.165) is 5.69 Å². The minimum absolute atomic E-state index is 0.0591.